The smallest absolute Gasteiger partial charge is 0.145 e. The fourth-order valence-corrected chi connectivity index (χ4v) is 4.84. The van der Waals surface area contributed by atoms with E-state index in [1.165, 1.54) is 6.33 Å². The Morgan fingerprint density at radius 1 is 1.17 bits per heavy atom. The van der Waals surface area contributed by atoms with Crippen LogP contribution in [0.25, 0.3) is 11.0 Å². The highest BCUT2D eigenvalue weighted by Crippen LogP contribution is 2.59. The molecule has 148 valence electrons. The number of nitrogen functional groups attached to an aromatic ring is 1. The first kappa shape index (κ1) is 18.7. The lowest BCUT2D eigenvalue weighted by Gasteiger charge is -2.41. The SMILES string of the molecule is Nc1ncnc2c1ccn2[C@H]1[C@H](O)[C@H](O)[C@]2(C(O)c3ccc(Cl)c(Cl)c3)C#C[C@H]12. The molecule has 7 nitrogen and oxygen atoms in total. The zero-order valence-corrected chi connectivity index (χ0v) is 16.4. The van der Waals surface area contributed by atoms with E-state index in [1.54, 1.807) is 35.0 Å². The van der Waals surface area contributed by atoms with Gasteiger partial charge in [0.2, 0.25) is 0 Å². The molecule has 1 saturated carbocycles. The first-order valence-corrected chi connectivity index (χ1v) is 9.70. The van der Waals surface area contributed by atoms with Gasteiger partial charge in [-0.15, -0.1) is 0 Å². The molecule has 0 spiro atoms. The van der Waals surface area contributed by atoms with Gasteiger partial charge in [0.15, 0.2) is 0 Å². The number of hydrogen-bond donors (Lipinski definition) is 4. The van der Waals surface area contributed by atoms with Crippen LogP contribution in [-0.2, 0) is 0 Å². The molecular weight excluding hydrogens is 415 g/mol. The maximum atomic E-state index is 11.1. The summed E-state index contributed by atoms with van der Waals surface area (Å²) in [5.41, 5.74) is 5.67. The third-order valence-electron chi connectivity index (χ3n) is 6.04. The van der Waals surface area contributed by atoms with Crippen LogP contribution >= 0.6 is 23.2 Å². The lowest BCUT2D eigenvalue weighted by Crippen LogP contribution is -2.46. The Bertz CT molecular complexity index is 1200. The molecule has 2 aliphatic carbocycles. The lowest BCUT2D eigenvalue weighted by atomic mass is 9.64. The van der Waals surface area contributed by atoms with Crippen LogP contribution in [0.1, 0.15) is 17.7 Å². The van der Waals surface area contributed by atoms with Crippen molar-refractivity contribution in [2.45, 2.75) is 24.4 Å². The maximum absolute atomic E-state index is 11.1. The normalized spacial score (nSPS) is 31.1. The molecule has 2 aromatic heterocycles. The van der Waals surface area contributed by atoms with Crippen molar-refractivity contribution >= 4 is 40.1 Å². The highest BCUT2D eigenvalue weighted by atomic mass is 35.5. The number of aliphatic hydroxyl groups excluding tert-OH is 3. The van der Waals surface area contributed by atoms with Crippen molar-refractivity contribution in [1.82, 2.24) is 14.5 Å². The van der Waals surface area contributed by atoms with Gasteiger partial charge in [0.25, 0.3) is 0 Å². The van der Waals surface area contributed by atoms with Crippen molar-refractivity contribution in [3.63, 3.8) is 0 Å². The zero-order chi connectivity index (χ0) is 20.5. The zero-order valence-electron chi connectivity index (χ0n) is 14.9. The second kappa shape index (κ2) is 6.33. The molecule has 0 bridgehead atoms. The van der Waals surface area contributed by atoms with Crippen LogP contribution in [0.15, 0.2) is 36.8 Å². The average molecular weight is 431 g/mol. The molecule has 1 fully saturated rings. The number of fused-ring (bicyclic) bond motifs is 2. The number of halogens is 2. The fourth-order valence-electron chi connectivity index (χ4n) is 4.53. The Morgan fingerprint density at radius 2 is 1.97 bits per heavy atom. The van der Waals surface area contributed by atoms with E-state index in [0.29, 0.717) is 27.4 Å². The molecule has 5 N–H and O–H groups in total. The first-order valence-electron chi connectivity index (χ1n) is 8.95. The number of hydrogen-bond acceptors (Lipinski definition) is 6. The summed E-state index contributed by atoms with van der Waals surface area (Å²) in [4.78, 5) is 8.25. The topological polar surface area (TPSA) is 117 Å². The summed E-state index contributed by atoms with van der Waals surface area (Å²) in [6, 6.07) is 5.90. The van der Waals surface area contributed by atoms with Crippen LogP contribution in [0.4, 0.5) is 5.82 Å². The number of benzene rings is 1. The summed E-state index contributed by atoms with van der Waals surface area (Å²) in [6.07, 6.45) is -0.556. The van der Waals surface area contributed by atoms with Gasteiger partial charge in [0, 0.05) is 6.20 Å². The number of anilines is 1. The van der Waals surface area contributed by atoms with E-state index in [0.717, 1.165) is 0 Å². The van der Waals surface area contributed by atoms with Crippen LogP contribution < -0.4 is 5.73 Å². The number of aliphatic hydroxyl groups is 3. The summed E-state index contributed by atoms with van der Waals surface area (Å²) in [5.74, 6) is 5.76. The predicted molar refractivity (Wildman–Crippen MR) is 108 cm³/mol. The molecule has 0 saturated heterocycles. The molecule has 6 atom stereocenters. The van der Waals surface area contributed by atoms with Gasteiger partial charge in [-0.1, -0.05) is 41.1 Å². The molecule has 9 heteroatoms. The highest BCUT2D eigenvalue weighted by molar-refractivity contribution is 6.42. The minimum atomic E-state index is -1.28. The number of rotatable bonds is 3. The molecule has 2 heterocycles. The minimum Gasteiger partial charge on any atom is -0.389 e. The third-order valence-corrected chi connectivity index (χ3v) is 6.78. The predicted octanol–water partition coefficient (Wildman–Crippen LogP) is 1.95. The Hall–Kier alpha value is -2.34. The van der Waals surface area contributed by atoms with E-state index in [2.05, 4.69) is 21.8 Å². The van der Waals surface area contributed by atoms with Crippen molar-refractivity contribution in [1.29, 1.82) is 0 Å². The van der Waals surface area contributed by atoms with Crippen LogP contribution in [0, 0.1) is 23.2 Å². The fraction of sp³-hybridized carbons (Fsp3) is 0.300. The quantitative estimate of drug-likeness (QED) is 0.471. The largest absolute Gasteiger partial charge is 0.389 e. The van der Waals surface area contributed by atoms with Crippen LogP contribution in [0.5, 0.6) is 0 Å². The summed E-state index contributed by atoms with van der Waals surface area (Å²) in [6.45, 7) is 0. The van der Waals surface area contributed by atoms with E-state index >= 15 is 0 Å². The van der Waals surface area contributed by atoms with Gasteiger partial charge in [-0.2, -0.15) is 0 Å². The molecule has 2 aliphatic rings. The third kappa shape index (κ3) is 2.38. The van der Waals surface area contributed by atoms with Gasteiger partial charge >= 0.3 is 0 Å². The molecule has 5 rings (SSSR count). The number of nitrogens with zero attached hydrogens (tertiary/aromatic N) is 3. The minimum absolute atomic E-state index is 0.289. The van der Waals surface area contributed by atoms with Crippen molar-refractivity contribution < 1.29 is 15.3 Å². The van der Waals surface area contributed by atoms with Gasteiger partial charge < -0.3 is 25.6 Å². The Labute approximate surface area is 175 Å². The second-order valence-electron chi connectivity index (χ2n) is 7.40. The summed E-state index contributed by atoms with van der Waals surface area (Å²) < 4.78 is 1.74. The van der Waals surface area contributed by atoms with Crippen LogP contribution in [0.2, 0.25) is 10.0 Å². The number of nitrogens with two attached hydrogens (primary N) is 1. The van der Waals surface area contributed by atoms with Crippen molar-refractivity contribution in [2.24, 2.45) is 11.3 Å². The molecular formula is C20H16Cl2N4O3. The van der Waals surface area contributed by atoms with Gasteiger partial charge in [-0.3, -0.25) is 0 Å². The monoisotopic (exact) mass is 430 g/mol. The summed E-state index contributed by atoms with van der Waals surface area (Å²) in [5, 5.41) is 34.3. The Kier molecular flexibility index (Phi) is 4.07. The highest BCUT2D eigenvalue weighted by Gasteiger charge is 2.66. The maximum Gasteiger partial charge on any atom is 0.145 e. The second-order valence-corrected chi connectivity index (χ2v) is 8.22. The van der Waals surface area contributed by atoms with E-state index in [9.17, 15) is 15.3 Å². The first-order chi connectivity index (χ1) is 13.9. The van der Waals surface area contributed by atoms with Gasteiger partial charge in [-0.25, -0.2) is 9.97 Å². The summed E-state index contributed by atoms with van der Waals surface area (Å²) >= 11 is 12.1. The standard InChI is InChI=1S/C20H16Cl2N4O3/c21-12-2-1-9(7-13(12)22)16(28)20-5-3-11(20)14(15(27)17(20)29)26-6-4-10-18(23)24-8-25-19(10)26/h1-2,4,6-8,11,14-17,27-29H,(H2,23,24,25)/t11-,14-,15+,16?,17+,20-/m1/s1. The molecule has 3 aromatic rings. The summed E-state index contributed by atoms with van der Waals surface area (Å²) in [7, 11) is 0. The van der Waals surface area contributed by atoms with Crippen molar-refractivity contribution in [2.75, 3.05) is 5.73 Å². The van der Waals surface area contributed by atoms with E-state index in [-0.39, 0.29) is 5.02 Å². The molecule has 0 radical (unpaired) electrons. The van der Waals surface area contributed by atoms with E-state index in [4.69, 9.17) is 28.9 Å². The Balaban J connectivity index is 1.59. The van der Waals surface area contributed by atoms with Gasteiger partial charge in [-0.05, 0) is 23.8 Å². The lowest BCUT2D eigenvalue weighted by molar-refractivity contribution is -0.0665. The van der Waals surface area contributed by atoms with Gasteiger partial charge in [0.05, 0.1) is 33.5 Å². The average Bonchev–Trinajstić information content (AvgIpc) is 3.16. The van der Waals surface area contributed by atoms with Crippen LogP contribution in [0.3, 0.4) is 0 Å². The molecule has 1 unspecified atom stereocenters. The molecule has 29 heavy (non-hydrogen) atoms. The Morgan fingerprint density at radius 3 is 2.66 bits per heavy atom. The van der Waals surface area contributed by atoms with Crippen LogP contribution in [-0.4, -0.2) is 42.1 Å². The van der Waals surface area contributed by atoms with E-state index < -0.39 is 35.7 Å². The van der Waals surface area contributed by atoms with Gasteiger partial charge in [0.1, 0.15) is 35.4 Å². The number of aromatic nitrogens is 3. The molecule has 0 amide bonds. The van der Waals surface area contributed by atoms with Crippen molar-refractivity contribution in [3.05, 3.63) is 52.4 Å². The van der Waals surface area contributed by atoms with E-state index in [1.807, 2.05) is 0 Å². The molecule has 0 aliphatic heterocycles. The van der Waals surface area contributed by atoms with Crippen molar-refractivity contribution in [3.8, 4) is 11.8 Å². The molecule has 1 aromatic carbocycles.